The van der Waals surface area contributed by atoms with Gasteiger partial charge in [0.05, 0.1) is 12.1 Å². The average molecular weight is 521 g/mol. The number of alkyl halides is 3. The molecule has 2 rings (SSSR count). The van der Waals surface area contributed by atoms with Crippen molar-refractivity contribution in [2.45, 2.75) is 59.4 Å². The van der Waals surface area contributed by atoms with Gasteiger partial charge in [0, 0.05) is 18.2 Å². The Morgan fingerprint density at radius 2 is 1.68 bits per heavy atom. The fraction of sp³-hybridized carbons (Fsp3) is 0.444. The lowest BCUT2D eigenvalue weighted by molar-refractivity contribution is -0.137. The number of primary amides is 1. The SMILES string of the molecule is Cc1ccc(CN(C)C(C(NC(=O)CNC(=O)c2cccc(C(F)(F)F)c2)C(N)=O)C(C)(C)C)c(C)c1. The molecule has 0 saturated carbocycles. The van der Waals surface area contributed by atoms with Gasteiger partial charge in [-0.3, -0.25) is 19.3 Å². The molecule has 2 unspecified atom stereocenters. The Morgan fingerprint density at radius 1 is 1.03 bits per heavy atom. The van der Waals surface area contributed by atoms with Crippen molar-refractivity contribution < 1.29 is 27.6 Å². The van der Waals surface area contributed by atoms with Crippen LogP contribution in [0.4, 0.5) is 13.2 Å². The third kappa shape index (κ3) is 8.31. The summed E-state index contributed by atoms with van der Waals surface area (Å²) in [5.74, 6) is -2.29. The van der Waals surface area contributed by atoms with Crippen molar-refractivity contribution >= 4 is 17.7 Å². The highest BCUT2D eigenvalue weighted by molar-refractivity contribution is 5.97. The number of nitrogens with zero attached hydrogens (tertiary/aromatic N) is 1. The number of carbonyl (C=O) groups excluding carboxylic acids is 3. The highest BCUT2D eigenvalue weighted by atomic mass is 19.4. The van der Waals surface area contributed by atoms with Crippen LogP contribution in [0.25, 0.3) is 0 Å². The molecule has 0 spiro atoms. The van der Waals surface area contributed by atoms with Crippen LogP contribution in [0, 0.1) is 19.3 Å². The monoisotopic (exact) mass is 520 g/mol. The fourth-order valence-corrected chi connectivity index (χ4v) is 4.44. The van der Waals surface area contributed by atoms with Crippen molar-refractivity contribution in [1.29, 1.82) is 0 Å². The largest absolute Gasteiger partial charge is 0.416 e. The smallest absolute Gasteiger partial charge is 0.368 e. The summed E-state index contributed by atoms with van der Waals surface area (Å²) in [5, 5.41) is 4.90. The number of likely N-dealkylation sites (N-methyl/N-ethyl adjacent to an activating group) is 1. The van der Waals surface area contributed by atoms with Crippen LogP contribution in [0.15, 0.2) is 42.5 Å². The molecule has 0 saturated heterocycles. The minimum Gasteiger partial charge on any atom is -0.368 e. The second-order valence-electron chi connectivity index (χ2n) is 10.4. The Bertz CT molecular complexity index is 1140. The van der Waals surface area contributed by atoms with Crippen LogP contribution in [0.3, 0.4) is 0 Å². The Kier molecular flexibility index (Phi) is 9.49. The number of aryl methyl sites for hydroxylation is 2. The molecule has 10 heteroatoms. The Hall–Kier alpha value is -3.40. The topological polar surface area (TPSA) is 105 Å². The first-order valence-corrected chi connectivity index (χ1v) is 11.8. The minimum absolute atomic E-state index is 0.241. The molecule has 0 bridgehead atoms. The molecular weight excluding hydrogens is 485 g/mol. The van der Waals surface area contributed by atoms with Crippen LogP contribution in [-0.2, 0) is 22.3 Å². The van der Waals surface area contributed by atoms with Gasteiger partial charge in [-0.1, -0.05) is 50.6 Å². The predicted molar refractivity (Wildman–Crippen MR) is 136 cm³/mol. The number of carbonyl (C=O) groups is 3. The first kappa shape index (κ1) is 29.8. The number of rotatable bonds is 9. The maximum Gasteiger partial charge on any atom is 0.416 e. The van der Waals surface area contributed by atoms with Crippen molar-refractivity contribution in [3.8, 4) is 0 Å². The maximum absolute atomic E-state index is 12.9. The van der Waals surface area contributed by atoms with Gasteiger partial charge >= 0.3 is 6.18 Å². The summed E-state index contributed by atoms with van der Waals surface area (Å²) < 4.78 is 38.8. The van der Waals surface area contributed by atoms with E-state index in [0.29, 0.717) is 12.6 Å². The van der Waals surface area contributed by atoms with Crippen molar-refractivity contribution in [2.24, 2.45) is 11.1 Å². The molecule has 4 N–H and O–H groups in total. The van der Waals surface area contributed by atoms with Gasteiger partial charge in [0.25, 0.3) is 5.91 Å². The summed E-state index contributed by atoms with van der Waals surface area (Å²) in [6.07, 6.45) is -4.60. The van der Waals surface area contributed by atoms with Crippen LogP contribution < -0.4 is 16.4 Å². The number of hydrogen-bond donors (Lipinski definition) is 3. The molecule has 202 valence electrons. The van der Waals surface area contributed by atoms with Crippen LogP contribution in [0.2, 0.25) is 0 Å². The molecule has 0 heterocycles. The van der Waals surface area contributed by atoms with Gasteiger partial charge in [0.15, 0.2) is 0 Å². The van der Waals surface area contributed by atoms with Crippen molar-refractivity contribution in [3.63, 3.8) is 0 Å². The standard InChI is InChI=1S/C27H35F3N4O3/c1-16-10-11-19(17(2)12-16)15-34(6)23(26(3,4)5)22(24(31)36)33-21(35)14-32-25(37)18-8-7-9-20(13-18)27(28,29)30/h7-13,22-23H,14-15H2,1-6H3,(H2,31,36)(H,32,37)(H,33,35). The van der Waals surface area contributed by atoms with Gasteiger partial charge in [0.1, 0.15) is 6.04 Å². The lowest BCUT2D eigenvalue weighted by Crippen LogP contribution is -2.62. The van der Waals surface area contributed by atoms with E-state index >= 15 is 0 Å². The molecule has 3 amide bonds. The molecule has 7 nitrogen and oxygen atoms in total. The zero-order valence-electron chi connectivity index (χ0n) is 22.0. The Labute approximate surface area is 215 Å². The van der Waals surface area contributed by atoms with E-state index in [9.17, 15) is 27.6 Å². The minimum atomic E-state index is -4.60. The zero-order chi connectivity index (χ0) is 28.1. The van der Waals surface area contributed by atoms with Gasteiger partial charge in [-0.05, 0) is 55.6 Å². The van der Waals surface area contributed by atoms with Gasteiger partial charge in [-0.25, -0.2) is 0 Å². The van der Waals surface area contributed by atoms with E-state index in [1.54, 1.807) is 0 Å². The third-order valence-electron chi connectivity index (χ3n) is 6.08. The summed E-state index contributed by atoms with van der Waals surface area (Å²) in [4.78, 5) is 39.5. The quantitative estimate of drug-likeness (QED) is 0.470. The van der Waals surface area contributed by atoms with Crippen LogP contribution in [0.1, 0.15) is 53.4 Å². The van der Waals surface area contributed by atoms with Crippen molar-refractivity contribution in [3.05, 3.63) is 70.3 Å². The highest BCUT2D eigenvalue weighted by Crippen LogP contribution is 2.30. The maximum atomic E-state index is 12.9. The van der Waals surface area contributed by atoms with Gasteiger partial charge in [0.2, 0.25) is 11.8 Å². The van der Waals surface area contributed by atoms with Crippen molar-refractivity contribution in [2.75, 3.05) is 13.6 Å². The van der Waals surface area contributed by atoms with E-state index in [1.165, 1.54) is 6.07 Å². The molecule has 2 aromatic rings. The van der Waals surface area contributed by atoms with E-state index in [2.05, 4.69) is 16.7 Å². The molecule has 2 aromatic carbocycles. The number of nitrogens with two attached hydrogens (primary N) is 1. The molecule has 2 atom stereocenters. The lowest BCUT2D eigenvalue weighted by Gasteiger charge is -2.42. The van der Waals surface area contributed by atoms with Gasteiger partial charge in [-0.15, -0.1) is 0 Å². The molecule has 0 aromatic heterocycles. The van der Waals surface area contributed by atoms with E-state index in [-0.39, 0.29) is 5.56 Å². The second kappa shape index (κ2) is 11.8. The number of nitrogens with one attached hydrogen (secondary N) is 2. The predicted octanol–water partition coefficient (Wildman–Crippen LogP) is 3.57. The molecule has 0 aliphatic rings. The number of hydrogen-bond acceptors (Lipinski definition) is 4. The Morgan fingerprint density at radius 3 is 2.22 bits per heavy atom. The van der Waals surface area contributed by atoms with Crippen LogP contribution in [-0.4, -0.2) is 48.3 Å². The number of amides is 3. The first-order valence-electron chi connectivity index (χ1n) is 11.8. The Balaban J connectivity index is 2.15. The molecule has 0 aliphatic carbocycles. The van der Waals surface area contributed by atoms with Gasteiger partial charge in [-0.2, -0.15) is 13.2 Å². The van der Waals surface area contributed by atoms with Crippen LogP contribution in [0.5, 0.6) is 0 Å². The molecule has 0 aliphatic heterocycles. The normalized spacial score (nSPS) is 13.7. The van der Waals surface area contributed by atoms with E-state index in [0.717, 1.165) is 28.8 Å². The second-order valence-corrected chi connectivity index (χ2v) is 10.4. The lowest BCUT2D eigenvalue weighted by atomic mass is 9.80. The first-order chi connectivity index (χ1) is 17.0. The summed E-state index contributed by atoms with van der Waals surface area (Å²) in [5.41, 5.74) is 7.28. The van der Waals surface area contributed by atoms with Gasteiger partial charge < -0.3 is 16.4 Å². The zero-order valence-corrected chi connectivity index (χ0v) is 22.0. The highest BCUT2D eigenvalue weighted by Gasteiger charge is 2.39. The third-order valence-corrected chi connectivity index (χ3v) is 6.08. The fourth-order valence-electron chi connectivity index (χ4n) is 4.44. The van der Waals surface area contributed by atoms with Crippen LogP contribution >= 0.6 is 0 Å². The summed E-state index contributed by atoms with van der Waals surface area (Å²) in [6.45, 7) is 9.73. The summed E-state index contributed by atoms with van der Waals surface area (Å²) in [6, 6.07) is 8.37. The van der Waals surface area contributed by atoms with E-state index in [1.807, 2.05) is 58.7 Å². The summed E-state index contributed by atoms with van der Waals surface area (Å²) in [7, 11) is 1.84. The molecular formula is C27H35F3N4O3. The van der Waals surface area contributed by atoms with Crippen molar-refractivity contribution in [1.82, 2.24) is 15.5 Å². The molecule has 37 heavy (non-hydrogen) atoms. The van der Waals surface area contributed by atoms with E-state index < -0.39 is 53.5 Å². The molecule has 0 fully saturated rings. The number of benzene rings is 2. The number of halogens is 3. The summed E-state index contributed by atoms with van der Waals surface area (Å²) >= 11 is 0. The average Bonchev–Trinajstić information content (AvgIpc) is 2.77. The van der Waals surface area contributed by atoms with E-state index in [4.69, 9.17) is 5.73 Å². The molecule has 0 radical (unpaired) electrons.